The molecule has 148 valence electrons. The van der Waals surface area contributed by atoms with Crippen molar-refractivity contribution in [3.05, 3.63) is 29.8 Å². The molecule has 0 fully saturated rings. The summed E-state index contributed by atoms with van der Waals surface area (Å²) in [6.07, 6.45) is 1.16. The van der Waals surface area contributed by atoms with Crippen molar-refractivity contribution in [1.29, 1.82) is 0 Å². The van der Waals surface area contributed by atoms with Crippen molar-refractivity contribution >= 4 is 27.2 Å². The van der Waals surface area contributed by atoms with Crippen LogP contribution in [0.25, 0.3) is 0 Å². The predicted octanol–water partition coefficient (Wildman–Crippen LogP) is 2.91. The van der Waals surface area contributed by atoms with Crippen molar-refractivity contribution in [2.24, 2.45) is 10.2 Å². The van der Waals surface area contributed by atoms with Crippen molar-refractivity contribution in [2.75, 3.05) is 37.4 Å². The fourth-order valence-electron chi connectivity index (χ4n) is 2.46. The van der Waals surface area contributed by atoms with Gasteiger partial charge >= 0.3 is 0 Å². The van der Waals surface area contributed by atoms with Crippen LogP contribution in [0.3, 0.4) is 0 Å². The van der Waals surface area contributed by atoms with E-state index in [4.69, 9.17) is 4.74 Å². The molecule has 1 aromatic carbocycles. The molecule has 0 bridgehead atoms. The second kappa shape index (κ2) is 9.47. The largest absolute Gasteiger partial charge is 0.477 e. The lowest BCUT2D eigenvalue weighted by Gasteiger charge is -2.23. The van der Waals surface area contributed by atoms with Crippen molar-refractivity contribution < 1.29 is 13.2 Å². The molecule has 27 heavy (non-hydrogen) atoms. The lowest BCUT2D eigenvalue weighted by Crippen LogP contribution is -2.34. The molecule has 0 amide bonds. The minimum Gasteiger partial charge on any atom is -0.477 e. The van der Waals surface area contributed by atoms with Crippen LogP contribution in [0.15, 0.2) is 34.5 Å². The number of anilines is 1. The molecule has 0 atom stereocenters. The summed E-state index contributed by atoms with van der Waals surface area (Å²) in [5.41, 5.74) is 2.72. The van der Waals surface area contributed by atoms with E-state index < -0.39 is 10.0 Å². The zero-order valence-electron chi connectivity index (χ0n) is 16.1. The van der Waals surface area contributed by atoms with Crippen molar-refractivity contribution in [2.45, 2.75) is 20.8 Å². The number of H-pyrrole nitrogens is 1. The minimum absolute atomic E-state index is 0.356. The number of aromatic amines is 1. The standard InChI is InChI=1S/C17H26N6O3S/c1-5-23(10-9-18-27(4,24)25)14-7-8-15(13(3)11-14)19-20-16-12-17(22-21-16)26-6-2/h7-8,11-12,18H,5-6,9-10H2,1-4H3,(H,21,22). The zero-order chi connectivity index (χ0) is 19.9. The molecule has 0 aliphatic carbocycles. The average Bonchev–Trinajstić information content (AvgIpc) is 3.05. The van der Waals surface area contributed by atoms with Crippen LogP contribution in [0.1, 0.15) is 19.4 Å². The Morgan fingerprint density at radius 2 is 2.04 bits per heavy atom. The maximum Gasteiger partial charge on any atom is 0.234 e. The fraction of sp³-hybridized carbons (Fsp3) is 0.471. The van der Waals surface area contributed by atoms with Crippen LogP contribution in [0.4, 0.5) is 17.2 Å². The molecule has 0 spiro atoms. The molecule has 10 heteroatoms. The number of benzene rings is 1. The number of azo groups is 1. The van der Waals surface area contributed by atoms with E-state index in [1.54, 1.807) is 6.07 Å². The first kappa shape index (κ1) is 20.8. The molecule has 2 aromatic rings. The van der Waals surface area contributed by atoms with E-state index in [1.165, 1.54) is 0 Å². The van der Waals surface area contributed by atoms with Gasteiger partial charge in [0, 0.05) is 31.4 Å². The van der Waals surface area contributed by atoms with E-state index >= 15 is 0 Å². The van der Waals surface area contributed by atoms with Gasteiger partial charge in [0.2, 0.25) is 15.9 Å². The molecule has 1 aromatic heterocycles. The van der Waals surface area contributed by atoms with Gasteiger partial charge < -0.3 is 9.64 Å². The Bertz CT molecular complexity index is 879. The van der Waals surface area contributed by atoms with Gasteiger partial charge in [-0.15, -0.1) is 15.3 Å². The molecule has 2 N–H and O–H groups in total. The second-order valence-electron chi connectivity index (χ2n) is 5.94. The monoisotopic (exact) mass is 394 g/mol. The van der Waals surface area contributed by atoms with E-state index in [2.05, 4.69) is 30.0 Å². The Morgan fingerprint density at radius 1 is 1.26 bits per heavy atom. The van der Waals surface area contributed by atoms with Gasteiger partial charge in [-0.1, -0.05) is 0 Å². The molecular formula is C17H26N6O3S. The molecule has 0 unspecified atom stereocenters. The van der Waals surface area contributed by atoms with Crippen LogP contribution >= 0.6 is 0 Å². The molecule has 0 aliphatic rings. The van der Waals surface area contributed by atoms with E-state index in [0.717, 1.165) is 29.7 Å². The Hall–Kier alpha value is -2.46. The van der Waals surface area contributed by atoms with Crippen molar-refractivity contribution in [1.82, 2.24) is 14.9 Å². The first-order chi connectivity index (χ1) is 12.8. The maximum absolute atomic E-state index is 11.2. The van der Waals surface area contributed by atoms with Gasteiger partial charge in [0.1, 0.15) is 0 Å². The fourth-order valence-corrected chi connectivity index (χ4v) is 2.92. The highest BCUT2D eigenvalue weighted by Crippen LogP contribution is 2.26. The molecule has 2 rings (SSSR count). The summed E-state index contributed by atoms with van der Waals surface area (Å²) < 4.78 is 30.2. The Morgan fingerprint density at radius 3 is 2.67 bits per heavy atom. The minimum atomic E-state index is -3.18. The van der Waals surface area contributed by atoms with Crippen LogP contribution in [-0.4, -0.2) is 51.1 Å². The van der Waals surface area contributed by atoms with Crippen LogP contribution in [-0.2, 0) is 10.0 Å². The van der Waals surface area contributed by atoms with E-state index in [9.17, 15) is 8.42 Å². The van der Waals surface area contributed by atoms with Gasteiger partial charge in [-0.2, -0.15) is 0 Å². The predicted molar refractivity (Wildman–Crippen MR) is 106 cm³/mol. The summed E-state index contributed by atoms with van der Waals surface area (Å²) in [7, 11) is -3.18. The van der Waals surface area contributed by atoms with Gasteiger partial charge in [0.05, 0.1) is 18.6 Å². The smallest absolute Gasteiger partial charge is 0.234 e. The number of ether oxygens (including phenoxy) is 1. The third-order valence-corrected chi connectivity index (χ3v) is 4.50. The summed E-state index contributed by atoms with van der Waals surface area (Å²) in [6, 6.07) is 7.53. The summed E-state index contributed by atoms with van der Waals surface area (Å²) in [4.78, 5) is 2.09. The number of aromatic nitrogens is 2. The van der Waals surface area contributed by atoms with Gasteiger partial charge in [0.15, 0.2) is 5.82 Å². The molecule has 0 aliphatic heterocycles. The Labute approximate surface area is 159 Å². The highest BCUT2D eigenvalue weighted by molar-refractivity contribution is 7.88. The summed E-state index contributed by atoms with van der Waals surface area (Å²) >= 11 is 0. The van der Waals surface area contributed by atoms with Crippen LogP contribution < -0.4 is 14.4 Å². The second-order valence-corrected chi connectivity index (χ2v) is 7.77. The summed E-state index contributed by atoms with van der Waals surface area (Å²) in [5.74, 6) is 1.00. The number of nitrogens with one attached hydrogen (secondary N) is 2. The SMILES string of the molecule is CCOc1cc(N=Nc2ccc(N(CC)CCNS(C)(=O)=O)cc2C)[nH]n1. The lowest BCUT2D eigenvalue weighted by atomic mass is 10.1. The lowest BCUT2D eigenvalue weighted by molar-refractivity contribution is 0.326. The van der Waals surface area contributed by atoms with Crippen LogP contribution in [0, 0.1) is 6.92 Å². The maximum atomic E-state index is 11.2. The van der Waals surface area contributed by atoms with E-state index in [-0.39, 0.29) is 0 Å². The Balaban J connectivity index is 2.05. The molecule has 0 radical (unpaired) electrons. The number of nitrogens with zero attached hydrogens (tertiary/aromatic N) is 4. The normalized spacial score (nSPS) is 11.9. The highest BCUT2D eigenvalue weighted by atomic mass is 32.2. The third-order valence-electron chi connectivity index (χ3n) is 3.77. The van der Waals surface area contributed by atoms with Gasteiger partial charge in [0.25, 0.3) is 0 Å². The average molecular weight is 395 g/mol. The zero-order valence-corrected chi connectivity index (χ0v) is 16.9. The van der Waals surface area contributed by atoms with Gasteiger partial charge in [-0.3, -0.25) is 5.10 Å². The first-order valence-electron chi connectivity index (χ1n) is 8.72. The molecule has 9 nitrogen and oxygen atoms in total. The number of likely N-dealkylation sites (N-methyl/N-ethyl adjacent to an activating group) is 1. The van der Waals surface area contributed by atoms with Crippen molar-refractivity contribution in [3.8, 4) is 5.88 Å². The number of hydrogen-bond acceptors (Lipinski definition) is 7. The molecular weight excluding hydrogens is 368 g/mol. The van der Waals surface area contributed by atoms with Gasteiger partial charge in [-0.05, 0) is 44.5 Å². The summed E-state index contributed by atoms with van der Waals surface area (Å²) in [6.45, 7) is 8.11. The third kappa shape index (κ3) is 6.65. The topological polar surface area (TPSA) is 112 Å². The van der Waals surface area contributed by atoms with E-state index in [0.29, 0.717) is 31.4 Å². The quantitative estimate of drug-likeness (QED) is 0.602. The molecule has 1 heterocycles. The number of hydrogen-bond donors (Lipinski definition) is 2. The van der Waals surface area contributed by atoms with Crippen LogP contribution in [0.2, 0.25) is 0 Å². The highest BCUT2D eigenvalue weighted by Gasteiger charge is 2.08. The number of rotatable bonds is 10. The summed E-state index contributed by atoms with van der Waals surface area (Å²) in [5, 5.41) is 15.1. The molecule has 0 saturated carbocycles. The Kier molecular flexibility index (Phi) is 7.31. The van der Waals surface area contributed by atoms with E-state index in [1.807, 2.05) is 39.0 Å². The number of sulfonamides is 1. The first-order valence-corrected chi connectivity index (χ1v) is 10.6. The number of aryl methyl sites for hydroxylation is 1. The van der Waals surface area contributed by atoms with Crippen molar-refractivity contribution in [3.63, 3.8) is 0 Å². The van der Waals surface area contributed by atoms with Crippen LogP contribution in [0.5, 0.6) is 5.88 Å². The van der Waals surface area contributed by atoms with Gasteiger partial charge in [-0.25, -0.2) is 13.1 Å². The molecule has 0 saturated heterocycles.